The Kier molecular flexibility index (Phi) is 2.61. The van der Waals surface area contributed by atoms with E-state index in [9.17, 15) is 5.11 Å². The average Bonchev–Trinajstić information content (AvgIpc) is 2.82. The molecular formula is C11H20O2. The zero-order valence-corrected chi connectivity index (χ0v) is 8.46. The highest BCUT2D eigenvalue weighted by atomic mass is 16.6. The Morgan fingerprint density at radius 2 is 1.69 bits per heavy atom. The molecule has 2 nitrogen and oxygen atoms in total. The van der Waals surface area contributed by atoms with Crippen LogP contribution in [0.25, 0.3) is 0 Å². The third-order valence-electron chi connectivity index (χ3n) is 3.48. The monoisotopic (exact) mass is 184 g/mol. The third-order valence-corrected chi connectivity index (χ3v) is 3.48. The first kappa shape index (κ1) is 9.47. The van der Waals surface area contributed by atoms with E-state index in [2.05, 4.69) is 0 Å². The van der Waals surface area contributed by atoms with Crippen molar-refractivity contribution < 1.29 is 9.84 Å². The van der Waals surface area contributed by atoms with Gasteiger partial charge in [0.15, 0.2) is 5.79 Å². The maximum Gasteiger partial charge on any atom is 0.171 e. The normalized spacial score (nSPS) is 29.1. The number of aliphatic hydroxyl groups is 1. The molecule has 2 aliphatic carbocycles. The molecule has 0 aromatic rings. The fourth-order valence-corrected chi connectivity index (χ4v) is 2.64. The van der Waals surface area contributed by atoms with E-state index in [1.807, 2.05) is 6.92 Å². The molecule has 2 heteroatoms. The van der Waals surface area contributed by atoms with Gasteiger partial charge in [-0.05, 0) is 32.6 Å². The molecule has 0 amide bonds. The second kappa shape index (κ2) is 3.58. The first-order valence-corrected chi connectivity index (χ1v) is 5.63. The van der Waals surface area contributed by atoms with Crippen LogP contribution in [-0.2, 0) is 4.74 Å². The summed E-state index contributed by atoms with van der Waals surface area (Å²) in [7, 11) is 0. The van der Waals surface area contributed by atoms with Gasteiger partial charge in [-0.3, -0.25) is 0 Å². The van der Waals surface area contributed by atoms with Gasteiger partial charge in [0.05, 0.1) is 0 Å². The lowest BCUT2D eigenvalue weighted by atomic mass is 9.92. The van der Waals surface area contributed by atoms with Gasteiger partial charge in [0, 0.05) is 18.4 Å². The average molecular weight is 184 g/mol. The van der Waals surface area contributed by atoms with E-state index in [4.69, 9.17) is 4.74 Å². The van der Waals surface area contributed by atoms with Crippen molar-refractivity contribution in [1.29, 1.82) is 0 Å². The van der Waals surface area contributed by atoms with E-state index in [-0.39, 0.29) is 0 Å². The van der Waals surface area contributed by atoms with E-state index >= 15 is 0 Å². The van der Waals surface area contributed by atoms with Gasteiger partial charge >= 0.3 is 0 Å². The maximum absolute atomic E-state index is 10.4. The molecule has 76 valence electrons. The van der Waals surface area contributed by atoms with Gasteiger partial charge in [0.25, 0.3) is 0 Å². The SMILES string of the molecule is CCOC(O)(C1CCCC1)C1CC1. The van der Waals surface area contributed by atoms with E-state index in [1.54, 1.807) is 0 Å². The summed E-state index contributed by atoms with van der Waals surface area (Å²) in [5.74, 6) is 0.0983. The van der Waals surface area contributed by atoms with Gasteiger partial charge in [-0.15, -0.1) is 0 Å². The molecule has 0 heterocycles. The standard InChI is InChI=1S/C11H20O2/c1-2-13-11(12,10-7-8-10)9-5-3-4-6-9/h9-10,12H,2-8H2,1H3. The second-order valence-electron chi connectivity index (χ2n) is 4.44. The summed E-state index contributed by atoms with van der Waals surface area (Å²) in [4.78, 5) is 0. The zero-order valence-electron chi connectivity index (χ0n) is 8.46. The Labute approximate surface area is 80.3 Å². The second-order valence-corrected chi connectivity index (χ2v) is 4.44. The zero-order chi connectivity index (χ0) is 9.31. The van der Waals surface area contributed by atoms with Crippen molar-refractivity contribution in [2.75, 3.05) is 6.61 Å². The molecule has 1 N–H and O–H groups in total. The van der Waals surface area contributed by atoms with Crippen LogP contribution >= 0.6 is 0 Å². The molecule has 0 saturated heterocycles. The van der Waals surface area contributed by atoms with Gasteiger partial charge in [0.1, 0.15) is 0 Å². The first-order chi connectivity index (χ1) is 6.27. The number of rotatable bonds is 4. The fraction of sp³-hybridized carbons (Fsp3) is 1.00. The molecule has 13 heavy (non-hydrogen) atoms. The quantitative estimate of drug-likeness (QED) is 0.679. The Bertz CT molecular complexity index is 171. The topological polar surface area (TPSA) is 29.5 Å². The highest BCUT2D eigenvalue weighted by molar-refractivity contribution is 4.94. The molecule has 0 radical (unpaired) electrons. The lowest BCUT2D eigenvalue weighted by Gasteiger charge is -2.33. The van der Waals surface area contributed by atoms with Gasteiger partial charge in [-0.25, -0.2) is 0 Å². The molecular weight excluding hydrogens is 164 g/mol. The van der Waals surface area contributed by atoms with Gasteiger partial charge in [-0.2, -0.15) is 0 Å². The van der Waals surface area contributed by atoms with Crippen LogP contribution in [-0.4, -0.2) is 17.5 Å². The summed E-state index contributed by atoms with van der Waals surface area (Å²) in [6, 6.07) is 0. The van der Waals surface area contributed by atoms with Crippen molar-refractivity contribution in [1.82, 2.24) is 0 Å². The summed E-state index contributed by atoms with van der Waals surface area (Å²) >= 11 is 0. The maximum atomic E-state index is 10.4. The van der Waals surface area contributed by atoms with Crippen LogP contribution in [0.3, 0.4) is 0 Å². The third kappa shape index (κ3) is 1.75. The summed E-state index contributed by atoms with van der Waals surface area (Å²) in [5, 5.41) is 10.4. The van der Waals surface area contributed by atoms with E-state index in [0.717, 1.165) is 25.7 Å². The Hall–Kier alpha value is -0.0800. The van der Waals surface area contributed by atoms with Gasteiger partial charge < -0.3 is 9.84 Å². The fourth-order valence-electron chi connectivity index (χ4n) is 2.64. The van der Waals surface area contributed by atoms with E-state index in [0.29, 0.717) is 18.4 Å². The molecule has 0 aromatic heterocycles. The minimum Gasteiger partial charge on any atom is -0.365 e. The Morgan fingerprint density at radius 1 is 1.15 bits per heavy atom. The van der Waals surface area contributed by atoms with Crippen LogP contribution in [0.15, 0.2) is 0 Å². The van der Waals surface area contributed by atoms with Crippen molar-refractivity contribution >= 4 is 0 Å². The molecule has 1 unspecified atom stereocenters. The highest BCUT2D eigenvalue weighted by Crippen LogP contribution is 2.48. The van der Waals surface area contributed by atoms with Crippen LogP contribution in [0.2, 0.25) is 0 Å². The number of hydrogen-bond acceptors (Lipinski definition) is 2. The Morgan fingerprint density at radius 3 is 2.15 bits per heavy atom. The molecule has 0 spiro atoms. The van der Waals surface area contributed by atoms with Crippen molar-refractivity contribution in [3.05, 3.63) is 0 Å². The molecule has 1 atom stereocenters. The summed E-state index contributed by atoms with van der Waals surface area (Å²) in [5.41, 5.74) is 0. The van der Waals surface area contributed by atoms with Crippen LogP contribution in [0, 0.1) is 11.8 Å². The molecule has 2 aliphatic rings. The lowest BCUT2D eigenvalue weighted by molar-refractivity contribution is -0.247. The number of hydrogen-bond donors (Lipinski definition) is 1. The van der Waals surface area contributed by atoms with Crippen molar-refractivity contribution in [3.63, 3.8) is 0 Å². The number of ether oxygens (including phenoxy) is 1. The highest BCUT2D eigenvalue weighted by Gasteiger charge is 2.50. The van der Waals surface area contributed by atoms with E-state index in [1.165, 1.54) is 12.8 Å². The minimum atomic E-state index is -0.759. The Balaban J connectivity index is 2.01. The molecule has 0 bridgehead atoms. The lowest BCUT2D eigenvalue weighted by Crippen LogP contribution is -2.42. The molecule has 2 saturated carbocycles. The van der Waals surface area contributed by atoms with Crippen molar-refractivity contribution in [2.45, 2.75) is 51.2 Å². The predicted octanol–water partition coefficient (Wildman–Crippen LogP) is 2.31. The first-order valence-electron chi connectivity index (χ1n) is 5.63. The van der Waals surface area contributed by atoms with Crippen LogP contribution in [0.5, 0.6) is 0 Å². The van der Waals surface area contributed by atoms with Crippen molar-refractivity contribution in [2.24, 2.45) is 11.8 Å². The van der Waals surface area contributed by atoms with Crippen LogP contribution in [0.4, 0.5) is 0 Å². The summed E-state index contributed by atoms with van der Waals surface area (Å²) in [6.07, 6.45) is 7.18. The summed E-state index contributed by atoms with van der Waals surface area (Å²) < 4.78 is 5.59. The van der Waals surface area contributed by atoms with E-state index < -0.39 is 5.79 Å². The molecule has 2 rings (SSSR count). The molecule has 0 aromatic carbocycles. The van der Waals surface area contributed by atoms with Crippen LogP contribution in [0.1, 0.15) is 45.4 Å². The van der Waals surface area contributed by atoms with Gasteiger partial charge in [0.2, 0.25) is 0 Å². The summed E-state index contributed by atoms with van der Waals surface area (Å²) in [6.45, 7) is 2.62. The predicted molar refractivity (Wildman–Crippen MR) is 51.3 cm³/mol. The van der Waals surface area contributed by atoms with Gasteiger partial charge in [-0.1, -0.05) is 12.8 Å². The van der Waals surface area contributed by atoms with Crippen LogP contribution < -0.4 is 0 Å². The van der Waals surface area contributed by atoms with Crippen molar-refractivity contribution in [3.8, 4) is 0 Å². The smallest absolute Gasteiger partial charge is 0.171 e. The molecule has 2 fully saturated rings. The minimum absolute atomic E-state index is 0.417. The largest absolute Gasteiger partial charge is 0.365 e. The molecule has 0 aliphatic heterocycles.